The van der Waals surface area contributed by atoms with Crippen molar-refractivity contribution in [3.05, 3.63) is 58.1 Å². The van der Waals surface area contributed by atoms with Gasteiger partial charge < -0.3 is 14.8 Å². The first-order valence-electron chi connectivity index (χ1n) is 9.90. The molecule has 0 radical (unpaired) electrons. The van der Waals surface area contributed by atoms with Crippen molar-refractivity contribution in [1.82, 2.24) is 0 Å². The zero-order valence-electron chi connectivity index (χ0n) is 18.0. The Balaban J connectivity index is 2.28. The lowest BCUT2D eigenvalue weighted by Gasteiger charge is -2.19. The Morgan fingerprint density at radius 2 is 1.76 bits per heavy atom. The molecule has 0 spiro atoms. The molecule has 0 unspecified atom stereocenters. The molecule has 2 aromatic carbocycles. The van der Waals surface area contributed by atoms with Crippen LogP contribution in [-0.2, 0) is 4.79 Å². The third kappa shape index (κ3) is 5.77. The van der Waals surface area contributed by atoms with Crippen LogP contribution in [0.25, 0.3) is 6.08 Å². The molecule has 0 heterocycles. The Labute approximate surface area is 178 Å². The summed E-state index contributed by atoms with van der Waals surface area (Å²) in [5.74, 6) is 1.46. The minimum Gasteiger partial charge on any atom is -0.493 e. The zero-order valence-corrected chi connectivity index (χ0v) is 18.8. The first kappa shape index (κ1) is 22.8. The molecule has 0 saturated heterocycles. The van der Waals surface area contributed by atoms with Crippen LogP contribution in [0.1, 0.15) is 63.1 Å². The maximum absolute atomic E-state index is 12.7. The number of nitrogens with one attached hydrogen (secondary N) is 1. The molecule has 0 atom stereocenters. The second kappa shape index (κ2) is 10.4. The number of benzene rings is 2. The molecule has 156 valence electrons. The van der Waals surface area contributed by atoms with Crippen molar-refractivity contribution in [3.8, 4) is 11.5 Å². The van der Waals surface area contributed by atoms with Gasteiger partial charge in [0.25, 0.3) is 0 Å². The molecule has 0 aliphatic heterocycles. The molecule has 2 aromatic rings. The van der Waals surface area contributed by atoms with Gasteiger partial charge in [-0.25, -0.2) is 0 Å². The number of anilines is 1. The Morgan fingerprint density at radius 3 is 2.28 bits per heavy atom. The van der Waals surface area contributed by atoms with Gasteiger partial charge in [0, 0.05) is 11.8 Å². The van der Waals surface area contributed by atoms with Gasteiger partial charge >= 0.3 is 0 Å². The van der Waals surface area contributed by atoms with Gasteiger partial charge in [-0.05, 0) is 53.7 Å². The maximum Gasteiger partial charge on any atom is 0.248 e. The van der Waals surface area contributed by atoms with E-state index < -0.39 is 0 Å². The molecule has 1 N–H and O–H groups in total. The third-order valence-electron chi connectivity index (χ3n) is 4.59. The number of ether oxygens (including phenoxy) is 2. The number of hydrogen-bond donors (Lipinski definition) is 1. The minimum absolute atomic E-state index is 0.191. The highest BCUT2D eigenvalue weighted by atomic mass is 35.5. The minimum atomic E-state index is -0.191. The van der Waals surface area contributed by atoms with Crippen molar-refractivity contribution in [2.24, 2.45) is 0 Å². The highest BCUT2D eigenvalue weighted by molar-refractivity contribution is 6.32. The second-order valence-electron chi connectivity index (χ2n) is 7.41. The highest BCUT2D eigenvalue weighted by Gasteiger charge is 2.15. The molecule has 2 rings (SSSR count). The van der Waals surface area contributed by atoms with Crippen LogP contribution in [0, 0.1) is 0 Å². The number of hydrogen-bond acceptors (Lipinski definition) is 3. The van der Waals surface area contributed by atoms with Gasteiger partial charge in [0.15, 0.2) is 11.5 Å². The summed E-state index contributed by atoms with van der Waals surface area (Å²) in [6.45, 7) is 10.9. The lowest BCUT2D eigenvalue weighted by Crippen LogP contribution is -2.13. The SMILES string of the molecule is CCOc1c(Cl)cc(/C=C\C(=O)Nc2c(C(C)C)cccc2C(C)C)cc1OC. The fraction of sp³-hybridized carbons (Fsp3) is 0.375. The van der Waals surface area contributed by atoms with Gasteiger partial charge in [-0.3, -0.25) is 4.79 Å². The number of halogens is 1. The molecule has 0 saturated carbocycles. The fourth-order valence-electron chi connectivity index (χ4n) is 3.15. The normalized spacial score (nSPS) is 11.3. The molecule has 4 nitrogen and oxygen atoms in total. The average molecular weight is 416 g/mol. The van der Waals surface area contributed by atoms with E-state index in [2.05, 4.69) is 45.1 Å². The smallest absolute Gasteiger partial charge is 0.248 e. The average Bonchev–Trinajstić information content (AvgIpc) is 2.67. The number of carbonyl (C=O) groups is 1. The Bertz CT molecular complexity index is 862. The Kier molecular flexibility index (Phi) is 8.15. The van der Waals surface area contributed by atoms with Gasteiger partial charge in [0.1, 0.15) is 0 Å². The summed E-state index contributed by atoms with van der Waals surface area (Å²) >= 11 is 6.31. The van der Waals surface area contributed by atoms with E-state index >= 15 is 0 Å². The lowest BCUT2D eigenvalue weighted by molar-refractivity contribution is -0.111. The van der Waals surface area contributed by atoms with E-state index in [0.29, 0.717) is 35.0 Å². The zero-order chi connectivity index (χ0) is 21.6. The predicted octanol–water partition coefficient (Wildman–Crippen LogP) is 6.65. The van der Waals surface area contributed by atoms with E-state index in [4.69, 9.17) is 21.1 Å². The van der Waals surface area contributed by atoms with Gasteiger partial charge in [-0.1, -0.05) is 57.5 Å². The summed E-state index contributed by atoms with van der Waals surface area (Å²) in [5.41, 5.74) is 3.91. The first-order valence-corrected chi connectivity index (χ1v) is 10.3. The van der Waals surface area contributed by atoms with E-state index in [1.807, 2.05) is 13.0 Å². The number of para-hydroxylation sites is 1. The summed E-state index contributed by atoms with van der Waals surface area (Å²) in [5, 5.41) is 3.52. The molecule has 0 aliphatic carbocycles. The van der Waals surface area contributed by atoms with Crippen LogP contribution in [-0.4, -0.2) is 19.6 Å². The summed E-state index contributed by atoms with van der Waals surface area (Å²) in [6.07, 6.45) is 3.22. The molecular weight excluding hydrogens is 386 g/mol. The van der Waals surface area contributed by atoms with Crippen molar-refractivity contribution >= 4 is 29.3 Å². The van der Waals surface area contributed by atoms with Gasteiger partial charge in [-0.2, -0.15) is 0 Å². The summed E-state index contributed by atoms with van der Waals surface area (Å²) in [4.78, 5) is 12.7. The molecule has 5 heteroatoms. The van der Waals surface area contributed by atoms with E-state index in [0.717, 1.165) is 22.4 Å². The van der Waals surface area contributed by atoms with E-state index in [-0.39, 0.29) is 5.91 Å². The van der Waals surface area contributed by atoms with Crippen molar-refractivity contribution in [3.63, 3.8) is 0 Å². The van der Waals surface area contributed by atoms with E-state index in [1.54, 1.807) is 25.3 Å². The van der Waals surface area contributed by atoms with Gasteiger partial charge in [0.05, 0.1) is 18.7 Å². The number of methoxy groups -OCH3 is 1. The van der Waals surface area contributed by atoms with Crippen LogP contribution in [0.15, 0.2) is 36.4 Å². The molecular formula is C24H30ClNO3. The Morgan fingerprint density at radius 1 is 1.14 bits per heavy atom. The van der Waals surface area contributed by atoms with E-state index in [9.17, 15) is 4.79 Å². The molecule has 0 aliphatic rings. The topological polar surface area (TPSA) is 47.6 Å². The number of amides is 1. The predicted molar refractivity (Wildman–Crippen MR) is 121 cm³/mol. The molecule has 1 amide bonds. The molecule has 0 aromatic heterocycles. The van der Waals surface area contributed by atoms with Crippen LogP contribution < -0.4 is 14.8 Å². The van der Waals surface area contributed by atoms with E-state index in [1.165, 1.54) is 6.08 Å². The van der Waals surface area contributed by atoms with Crippen LogP contribution >= 0.6 is 11.6 Å². The van der Waals surface area contributed by atoms with Crippen LogP contribution in [0.2, 0.25) is 5.02 Å². The van der Waals surface area contributed by atoms with Gasteiger partial charge in [0.2, 0.25) is 5.91 Å². The summed E-state index contributed by atoms with van der Waals surface area (Å²) in [7, 11) is 1.56. The van der Waals surface area contributed by atoms with Crippen molar-refractivity contribution in [2.45, 2.75) is 46.5 Å². The maximum atomic E-state index is 12.7. The largest absolute Gasteiger partial charge is 0.493 e. The second-order valence-corrected chi connectivity index (χ2v) is 7.82. The quantitative estimate of drug-likeness (QED) is 0.491. The van der Waals surface area contributed by atoms with Crippen LogP contribution in [0.3, 0.4) is 0 Å². The van der Waals surface area contributed by atoms with Gasteiger partial charge in [-0.15, -0.1) is 0 Å². The first-order chi connectivity index (χ1) is 13.8. The Hall–Kier alpha value is -2.46. The summed E-state index contributed by atoms with van der Waals surface area (Å²) < 4.78 is 10.9. The van der Waals surface area contributed by atoms with Crippen molar-refractivity contribution in [2.75, 3.05) is 19.0 Å². The fourth-order valence-corrected chi connectivity index (χ4v) is 3.43. The number of carbonyl (C=O) groups excluding carboxylic acids is 1. The standard InChI is InChI=1S/C24H30ClNO3/c1-7-29-24-20(25)13-17(14-21(24)28-6)11-12-22(27)26-23-18(15(2)3)9-8-10-19(23)16(4)5/h8-16H,7H2,1-6H3,(H,26,27)/b12-11-. The summed E-state index contributed by atoms with van der Waals surface area (Å²) in [6, 6.07) is 9.72. The van der Waals surface area contributed by atoms with Crippen LogP contribution in [0.4, 0.5) is 5.69 Å². The number of rotatable bonds is 8. The van der Waals surface area contributed by atoms with Crippen molar-refractivity contribution in [1.29, 1.82) is 0 Å². The highest BCUT2D eigenvalue weighted by Crippen LogP contribution is 2.37. The lowest BCUT2D eigenvalue weighted by atomic mass is 9.92. The molecule has 0 fully saturated rings. The molecule has 29 heavy (non-hydrogen) atoms. The monoisotopic (exact) mass is 415 g/mol. The van der Waals surface area contributed by atoms with Crippen molar-refractivity contribution < 1.29 is 14.3 Å². The van der Waals surface area contributed by atoms with Crippen LogP contribution in [0.5, 0.6) is 11.5 Å². The molecule has 0 bridgehead atoms. The third-order valence-corrected chi connectivity index (χ3v) is 4.87.